The van der Waals surface area contributed by atoms with Crippen LogP contribution < -0.4 is 0 Å². The third-order valence-corrected chi connectivity index (χ3v) is 5.91. The number of likely N-dealkylation sites (tertiary alicyclic amines) is 1. The summed E-state index contributed by atoms with van der Waals surface area (Å²) >= 11 is 5.49. The Morgan fingerprint density at radius 3 is 2.86 bits per heavy atom. The van der Waals surface area contributed by atoms with E-state index in [0.717, 1.165) is 61.5 Å². The quantitative estimate of drug-likeness (QED) is 0.801. The van der Waals surface area contributed by atoms with E-state index >= 15 is 0 Å². The van der Waals surface area contributed by atoms with Crippen LogP contribution in [0.5, 0.6) is 0 Å². The SMILES string of the molecule is O=C(C1CCCN(Cc2cccc(Br)c2)C1)N1CCSCC1. The van der Waals surface area contributed by atoms with Gasteiger partial charge in [-0.15, -0.1) is 0 Å². The van der Waals surface area contributed by atoms with E-state index in [0.29, 0.717) is 5.91 Å². The fourth-order valence-electron chi connectivity index (χ4n) is 3.34. The van der Waals surface area contributed by atoms with Gasteiger partial charge in [-0.1, -0.05) is 28.1 Å². The van der Waals surface area contributed by atoms with Crippen LogP contribution >= 0.6 is 27.7 Å². The van der Waals surface area contributed by atoms with Gasteiger partial charge in [0.25, 0.3) is 0 Å². The molecule has 1 unspecified atom stereocenters. The van der Waals surface area contributed by atoms with Crippen molar-refractivity contribution in [2.75, 3.05) is 37.7 Å². The normalized spacial score (nSPS) is 23.5. The molecule has 0 aromatic heterocycles. The molecule has 0 saturated carbocycles. The van der Waals surface area contributed by atoms with Crippen molar-refractivity contribution in [2.24, 2.45) is 5.92 Å². The van der Waals surface area contributed by atoms with E-state index in [4.69, 9.17) is 0 Å². The molecule has 2 aliphatic heterocycles. The van der Waals surface area contributed by atoms with Crippen LogP contribution in [-0.2, 0) is 11.3 Å². The van der Waals surface area contributed by atoms with E-state index in [1.165, 1.54) is 5.56 Å². The largest absolute Gasteiger partial charge is 0.341 e. The van der Waals surface area contributed by atoms with E-state index in [9.17, 15) is 4.79 Å². The number of hydrogen-bond donors (Lipinski definition) is 0. The van der Waals surface area contributed by atoms with Crippen LogP contribution in [0, 0.1) is 5.92 Å². The van der Waals surface area contributed by atoms with Crippen molar-refractivity contribution in [1.29, 1.82) is 0 Å². The van der Waals surface area contributed by atoms with Crippen LogP contribution in [0.3, 0.4) is 0 Å². The fourth-order valence-corrected chi connectivity index (χ4v) is 4.69. The van der Waals surface area contributed by atoms with Crippen molar-refractivity contribution in [2.45, 2.75) is 19.4 Å². The van der Waals surface area contributed by atoms with Gasteiger partial charge in [-0.25, -0.2) is 0 Å². The molecule has 22 heavy (non-hydrogen) atoms. The Balaban J connectivity index is 1.57. The summed E-state index contributed by atoms with van der Waals surface area (Å²) in [7, 11) is 0. The summed E-state index contributed by atoms with van der Waals surface area (Å²) in [6.07, 6.45) is 2.18. The predicted molar refractivity (Wildman–Crippen MR) is 96.0 cm³/mol. The molecule has 1 aromatic rings. The molecule has 1 atom stereocenters. The van der Waals surface area contributed by atoms with Gasteiger partial charge < -0.3 is 4.90 Å². The molecule has 0 N–H and O–H groups in total. The van der Waals surface area contributed by atoms with E-state index in [1.807, 2.05) is 11.8 Å². The van der Waals surface area contributed by atoms with Gasteiger partial charge >= 0.3 is 0 Å². The van der Waals surface area contributed by atoms with Crippen LogP contribution in [0.4, 0.5) is 0 Å². The molecule has 0 radical (unpaired) electrons. The molecular formula is C17H23BrN2OS. The van der Waals surface area contributed by atoms with Gasteiger partial charge in [0.15, 0.2) is 0 Å². The molecule has 5 heteroatoms. The summed E-state index contributed by atoms with van der Waals surface area (Å²) in [5.41, 5.74) is 1.32. The number of halogens is 1. The van der Waals surface area contributed by atoms with Gasteiger partial charge in [-0.2, -0.15) is 11.8 Å². The molecule has 0 bridgehead atoms. The van der Waals surface area contributed by atoms with Gasteiger partial charge in [0.1, 0.15) is 0 Å². The van der Waals surface area contributed by atoms with Crippen molar-refractivity contribution in [3.63, 3.8) is 0 Å². The maximum Gasteiger partial charge on any atom is 0.227 e. The maximum atomic E-state index is 12.7. The number of thioether (sulfide) groups is 1. The second kappa shape index (κ2) is 7.84. The van der Waals surface area contributed by atoms with E-state index in [1.54, 1.807) is 0 Å². The second-order valence-electron chi connectivity index (χ2n) is 6.14. The second-order valence-corrected chi connectivity index (χ2v) is 8.28. The zero-order chi connectivity index (χ0) is 15.4. The van der Waals surface area contributed by atoms with Crippen molar-refractivity contribution < 1.29 is 4.79 Å². The number of benzene rings is 1. The Morgan fingerprint density at radius 1 is 1.27 bits per heavy atom. The highest BCUT2D eigenvalue weighted by Gasteiger charge is 2.29. The molecule has 120 valence electrons. The number of rotatable bonds is 3. The van der Waals surface area contributed by atoms with Crippen molar-refractivity contribution >= 4 is 33.6 Å². The van der Waals surface area contributed by atoms with Crippen LogP contribution in [0.15, 0.2) is 28.7 Å². The number of hydrogen-bond acceptors (Lipinski definition) is 3. The van der Waals surface area contributed by atoms with Gasteiger partial charge in [-0.05, 0) is 37.1 Å². The Bertz CT molecular complexity index is 519. The fraction of sp³-hybridized carbons (Fsp3) is 0.588. The minimum atomic E-state index is 0.198. The lowest BCUT2D eigenvalue weighted by Gasteiger charge is -2.36. The molecule has 1 aromatic carbocycles. The average molecular weight is 383 g/mol. The highest BCUT2D eigenvalue weighted by atomic mass is 79.9. The first-order valence-corrected chi connectivity index (χ1v) is 10.0. The minimum absolute atomic E-state index is 0.198. The third-order valence-electron chi connectivity index (χ3n) is 4.47. The summed E-state index contributed by atoms with van der Waals surface area (Å²) in [4.78, 5) is 17.2. The Morgan fingerprint density at radius 2 is 2.09 bits per heavy atom. The van der Waals surface area contributed by atoms with Gasteiger partial charge in [0.05, 0.1) is 5.92 Å². The van der Waals surface area contributed by atoms with Gasteiger partial charge in [0, 0.05) is 42.2 Å². The number of carbonyl (C=O) groups is 1. The summed E-state index contributed by atoms with van der Waals surface area (Å²) in [5.74, 6) is 2.78. The summed E-state index contributed by atoms with van der Waals surface area (Å²) < 4.78 is 1.13. The Hall–Kier alpha value is -0.520. The average Bonchev–Trinajstić information content (AvgIpc) is 2.55. The summed E-state index contributed by atoms with van der Waals surface area (Å²) in [6.45, 7) is 4.83. The topological polar surface area (TPSA) is 23.6 Å². The van der Waals surface area contributed by atoms with Crippen LogP contribution in [0.25, 0.3) is 0 Å². The Labute approximate surface area is 145 Å². The van der Waals surface area contributed by atoms with E-state index in [2.05, 4.69) is 50.0 Å². The highest BCUT2D eigenvalue weighted by Crippen LogP contribution is 2.23. The van der Waals surface area contributed by atoms with Gasteiger partial charge in [-0.3, -0.25) is 9.69 Å². The molecule has 2 fully saturated rings. The monoisotopic (exact) mass is 382 g/mol. The zero-order valence-electron chi connectivity index (χ0n) is 12.8. The lowest BCUT2D eigenvalue weighted by molar-refractivity contribution is -0.137. The third kappa shape index (κ3) is 4.27. The van der Waals surface area contributed by atoms with Crippen LogP contribution in [0.2, 0.25) is 0 Å². The zero-order valence-corrected chi connectivity index (χ0v) is 15.2. The number of piperidine rings is 1. The first-order valence-electron chi connectivity index (χ1n) is 8.06. The molecule has 2 heterocycles. The predicted octanol–water partition coefficient (Wildman–Crippen LogP) is 3.24. The number of nitrogens with zero attached hydrogens (tertiary/aromatic N) is 2. The molecule has 3 nitrogen and oxygen atoms in total. The first-order chi connectivity index (χ1) is 10.7. The van der Waals surface area contributed by atoms with E-state index in [-0.39, 0.29) is 5.92 Å². The minimum Gasteiger partial charge on any atom is -0.341 e. The van der Waals surface area contributed by atoms with Crippen LogP contribution in [-0.4, -0.2) is 53.4 Å². The Kier molecular flexibility index (Phi) is 5.83. The smallest absolute Gasteiger partial charge is 0.227 e. The maximum absolute atomic E-state index is 12.7. The molecule has 1 amide bonds. The van der Waals surface area contributed by atoms with Crippen molar-refractivity contribution in [1.82, 2.24) is 9.80 Å². The standard InChI is InChI=1S/C17H23BrN2OS/c18-16-5-1-3-14(11-16)12-19-6-2-4-15(13-19)17(21)20-7-9-22-10-8-20/h1,3,5,11,15H,2,4,6-10,12-13H2. The van der Waals surface area contributed by atoms with Gasteiger partial charge in [0.2, 0.25) is 5.91 Å². The molecular weight excluding hydrogens is 360 g/mol. The first kappa shape index (κ1) is 16.3. The molecule has 0 spiro atoms. The molecule has 2 saturated heterocycles. The lowest BCUT2D eigenvalue weighted by Crippen LogP contribution is -2.47. The number of amides is 1. The highest BCUT2D eigenvalue weighted by molar-refractivity contribution is 9.10. The van der Waals surface area contributed by atoms with Crippen molar-refractivity contribution in [3.05, 3.63) is 34.3 Å². The lowest BCUT2D eigenvalue weighted by atomic mass is 9.96. The number of carbonyl (C=O) groups excluding carboxylic acids is 1. The molecule has 2 aliphatic rings. The summed E-state index contributed by atoms with van der Waals surface area (Å²) in [5, 5.41) is 0. The molecule has 3 rings (SSSR count). The van der Waals surface area contributed by atoms with Crippen molar-refractivity contribution in [3.8, 4) is 0 Å². The summed E-state index contributed by atoms with van der Waals surface area (Å²) in [6, 6.07) is 8.48. The molecule has 0 aliphatic carbocycles. The van der Waals surface area contributed by atoms with E-state index < -0.39 is 0 Å². The van der Waals surface area contributed by atoms with Crippen LogP contribution in [0.1, 0.15) is 18.4 Å².